The molecular formula is C12H12ClN3O. The van der Waals surface area contributed by atoms with E-state index in [1.807, 2.05) is 13.8 Å². The zero-order chi connectivity index (χ0) is 12.6. The van der Waals surface area contributed by atoms with Gasteiger partial charge in [-0.3, -0.25) is 14.5 Å². The molecule has 5 heteroatoms. The van der Waals surface area contributed by atoms with Gasteiger partial charge in [-0.15, -0.1) is 0 Å². The van der Waals surface area contributed by atoms with Gasteiger partial charge in [-0.2, -0.15) is 5.10 Å². The molecule has 0 aliphatic carbocycles. The first-order valence-electron chi connectivity index (χ1n) is 5.17. The molecule has 0 fully saturated rings. The minimum atomic E-state index is -0.177. The highest BCUT2D eigenvalue weighted by atomic mass is 35.5. The average molecular weight is 250 g/mol. The molecule has 0 spiro atoms. The van der Waals surface area contributed by atoms with Crippen molar-refractivity contribution in [3.63, 3.8) is 0 Å². The van der Waals surface area contributed by atoms with Crippen molar-refractivity contribution in [3.8, 4) is 0 Å². The summed E-state index contributed by atoms with van der Waals surface area (Å²) >= 11 is 6.08. The van der Waals surface area contributed by atoms with Crippen LogP contribution in [-0.2, 0) is 7.05 Å². The van der Waals surface area contributed by atoms with Crippen molar-refractivity contribution >= 4 is 17.4 Å². The van der Waals surface area contributed by atoms with Gasteiger partial charge < -0.3 is 0 Å². The van der Waals surface area contributed by atoms with Crippen molar-refractivity contribution in [3.05, 3.63) is 46.0 Å². The van der Waals surface area contributed by atoms with E-state index in [1.54, 1.807) is 30.1 Å². The van der Waals surface area contributed by atoms with E-state index in [4.69, 9.17) is 11.6 Å². The number of carbonyl (C=O) groups excluding carboxylic acids is 1. The van der Waals surface area contributed by atoms with Crippen molar-refractivity contribution in [1.29, 1.82) is 0 Å². The van der Waals surface area contributed by atoms with Gasteiger partial charge in [0.1, 0.15) is 0 Å². The number of halogens is 1. The Balaban J connectivity index is 2.47. The number of ketones is 1. The van der Waals surface area contributed by atoms with Crippen LogP contribution < -0.4 is 0 Å². The van der Waals surface area contributed by atoms with Crippen LogP contribution in [0.25, 0.3) is 0 Å². The molecule has 4 nitrogen and oxygen atoms in total. The van der Waals surface area contributed by atoms with E-state index < -0.39 is 0 Å². The summed E-state index contributed by atoms with van der Waals surface area (Å²) in [5.41, 5.74) is 2.41. The topological polar surface area (TPSA) is 47.8 Å². The van der Waals surface area contributed by atoms with E-state index >= 15 is 0 Å². The van der Waals surface area contributed by atoms with Crippen molar-refractivity contribution in [2.45, 2.75) is 13.8 Å². The van der Waals surface area contributed by atoms with E-state index in [1.165, 1.54) is 0 Å². The summed E-state index contributed by atoms with van der Waals surface area (Å²) in [6.45, 7) is 3.66. The SMILES string of the molecule is Cc1cc(C(=O)c2nn(C)c(C)c2Cl)ccn1. The molecule has 0 N–H and O–H groups in total. The van der Waals surface area contributed by atoms with Crippen LogP contribution in [0.1, 0.15) is 27.4 Å². The first kappa shape index (κ1) is 11.8. The van der Waals surface area contributed by atoms with Crippen LogP contribution in [0.2, 0.25) is 5.02 Å². The largest absolute Gasteiger partial charge is 0.287 e. The Morgan fingerprint density at radius 1 is 1.41 bits per heavy atom. The smallest absolute Gasteiger partial charge is 0.214 e. The molecule has 0 aromatic carbocycles. The second-order valence-corrected chi connectivity index (χ2v) is 4.26. The fourth-order valence-electron chi connectivity index (χ4n) is 1.55. The number of rotatable bonds is 2. The standard InChI is InChI=1S/C12H12ClN3O/c1-7-6-9(4-5-14-7)12(17)11-10(13)8(2)16(3)15-11/h4-6H,1-3H3. The lowest BCUT2D eigenvalue weighted by Gasteiger charge is -1.99. The molecule has 17 heavy (non-hydrogen) atoms. The minimum Gasteiger partial charge on any atom is -0.287 e. The molecule has 2 rings (SSSR count). The maximum absolute atomic E-state index is 12.2. The number of hydrogen-bond acceptors (Lipinski definition) is 3. The van der Waals surface area contributed by atoms with Crippen molar-refractivity contribution in [2.24, 2.45) is 7.05 Å². The fraction of sp³-hybridized carbons (Fsp3) is 0.250. The lowest BCUT2D eigenvalue weighted by molar-refractivity contribution is 0.103. The number of hydrogen-bond donors (Lipinski definition) is 0. The van der Waals surface area contributed by atoms with Gasteiger partial charge in [0, 0.05) is 24.5 Å². The first-order chi connectivity index (χ1) is 8.00. The Morgan fingerprint density at radius 2 is 2.12 bits per heavy atom. The van der Waals surface area contributed by atoms with Gasteiger partial charge in [-0.05, 0) is 26.0 Å². The van der Waals surface area contributed by atoms with Gasteiger partial charge in [-0.25, -0.2) is 0 Å². The number of aromatic nitrogens is 3. The van der Waals surface area contributed by atoms with Crippen LogP contribution in [-0.4, -0.2) is 20.5 Å². The van der Waals surface area contributed by atoms with Crippen LogP contribution in [0.4, 0.5) is 0 Å². The lowest BCUT2D eigenvalue weighted by atomic mass is 10.1. The molecule has 0 atom stereocenters. The second-order valence-electron chi connectivity index (χ2n) is 3.89. The summed E-state index contributed by atoms with van der Waals surface area (Å²) in [6, 6.07) is 3.39. The van der Waals surface area contributed by atoms with Crippen LogP contribution in [0.15, 0.2) is 18.3 Å². The molecule has 0 aliphatic heterocycles. The van der Waals surface area contributed by atoms with E-state index in [0.717, 1.165) is 11.4 Å². The summed E-state index contributed by atoms with van der Waals surface area (Å²) < 4.78 is 1.60. The Kier molecular flexibility index (Phi) is 2.98. The molecule has 0 saturated carbocycles. The van der Waals surface area contributed by atoms with Gasteiger partial charge >= 0.3 is 0 Å². The van der Waals surface area contributed by atoms with Gasteiger partial charge in [0.2, 0.25) is 5.78 Å². The van der Waals surface area contributed by atoms with Crippen molar-refractivity contribution in [2.75, 3.05) is 0 Å². The van der Waals surface area contributed by atoms with Gasteiger partial charge in [-0.1, -0.05) is 11.6 Å². The Hall–Kier alpha value is -1.68. The Bertz CT molecular complexity index is 589. The monoisotopic (exact) mass is 249 g/mol. The minimum absolute atomic E-state index is 0.177. The normalized spacial score (nSPS) is 10.6. The zero-order valence-corrected chi connectivity index (χ0v) is 10.6. The van der Waals surface area contributed by atoms with Crippen molar-refractivity contribution in [1.82, 2.24) is 14.8 Å². The van der Waals surface area contributed by atoms with E-state index in [-0.39, 0.29) is 11.5 Å². The summed E-state index contributed by atoms with van der Waals surface area (Å²) in [7, 11) is 1.76. The maximum Gasteiger partial charge on any atom is 0.214 e. The van der Waals surface area contributed by atoms with E-state index in [2.05, 4.69) is 10.1 Å². The molecule has 2 aromatic heterocycles. The highest BCUT2D eigenvalue weighted by molar-refractivity contribution is 6.35. The van der Waals surface area contributed by atoms with Crippen LogP contribution in [0.5, 0.6) is 0 Å². The van der Waals surface area contributed by atoms with Gasteiger partial charge in [0.05, 0.1) is 10.7 Å². The summed E-state index contributed by atoms with van der Waals surface area (Å²) in [5.74, 6) is -0.177. The Labute approximate surface area is 104 Å². The van der Waals surface area contributed by atoms with E-state index in [0.29, 0.717) is 10.6 Å². The summed E-state index contributed by atoms with van der Waals surface area (Å²) in [6.07, 6.45) is 1.60. The van der Waals surface area contributed by atoms with Crippen LogP contribution in [0, 0.1) is 13.8 Å². The third-order valence-corrected chi connectivity index (χ3v) is 3.09. The molecule has 88 valence electrons. The molecule has 2 aromatic rings. The van der Waals surface area contributed by atoms with Gasteiger partial charge in [0.15, 0.2) is 5.69 Å². The zero-order valence-electron chi connectivity index (χ0n) is 9.86. The second kappa shape index (κ2) is 4.30. The predicted octanol–water partition coefficient (Wildman–Crippen LogP) is 2.32. The molecular weight excluding hydrogens is 238 g/mol. The molecule has 0 bridgehead atoms. The number of pyridine rings is 1. The number of nitrogens with zero attached hydrogens (tertiary/aromatic N) is 3. The Morgan fingerprint density at radius 3 is 2.65 bits per heavy atom. The lowest BCUT2D eigenvalue weighted by Crippen LogP contribution is -2.04. The first-order valence-corrected chi connectivity index (χ1v) is 5.55. The highest BCUT2D eigenvalue weighted by Crippen LogP contribution is 2.21. The number of carbonyl (C=O) groups is 1. The molecule has 0 aliphatic rings. The highest BCUT2D eigenvalue weighted by Gasteiger charge is 2.19. The number of aryl methyl sites for hydroxylation is 2. The quantitative estimate of drug-likeness (QED) is 0.768. The van der Waals surface area contributed by atoms with Gasteiger partial charge in [0.25, 0.3) is 0 Å². The summed E-state index contributed by atoms with van der Waals surface area (Å²) in [4.78, 5) is 16.2. The predicted molar refractivity (Wildman–Crippen MR) is 65.4 cm³/mol. The molecule has 0 saturated heterocycles. The van der Waals surface area contributed by atoms with Crippen LogP contribution in [0.3, 0.4) is 0 Å². The summed E-state index contributed by atoms with van der Waals surface area (Å²) in [5, 5.41) is 4.54. The van der Waals surface area contributed by atoms with Crippen molar-refractivity contribution < 1.29 is 4.79 Å². The molecule has 0 radical (unpaired) electrons. The average Bonchev–Trinajstić information content (AvgIpc) is 2.56. The third kappa shape index (κ3) is 2.08. The third-order valence-electron chi connectivity index (χ3n) is 2.63. The molecule has 0 amide bonds. The van der Waals surface area contributed by atoms with E-state index in [9.17, 15) is 4.79 Å². The molecule has 0 unspecified atom stereocenters. The molecule has 2 heterocycles. The van der Waals surface area contributed by atoms with Crippen LogP contribution >= 0.6 is 11.6 Å². The fourth-order valence-corrected chi connectivity index (χ4v) is 1.80. The maximum atomic E-state index is 12.2.